The van der Waals surface area contributed by atoms with Gasteiger partial charge in [-0.05, 0) is 13.8 Å². The largest absolute Gasteiger partial charge is 0.369 e. The molecule has 0 aromatic heterocycles. The van der Waals surface area contributed by atoms with Crippen molar-refractivity contribution in [2.24, 2.45) is 15.1 Å². The summed E-state index contributed by atoms with van der Waals surface area (Å²) >= 11 is 0. The first-order chi connectivity index (χ1) is 8.51. The van der Waals surface area contributed by atoms with E-state index in [9.17, 15) is 0 Å². The van der Waals surface area contributed by atoms with Gasteiger partial charge in [-0.15, -0.1) is 0 Å². The van der Waals surface area contributed by atoms with Crippen LogP contribution in [0.15, 0.2) is 26.5 Å². The first-order valence-electron chi connectivity index (χ1n) is 5.05. The van der Waals surface area contributed by atoms with E-state index in [-0.39, 0.29) is 11.4 Å². The fourth-order valence-corrected chi connectivity index (χ4v) is 0.711. The maximum atomic E-state index is 8.88. The first kappa shape index (κ1) is 15.3. The Hall–Kier alpha value is -2.67. The second-order valence-electron chi connectivity index (χ2n) is 3.58. The molecule has 7 heteroatoms. The lowest BCUT2D eigenvalue weighted by Gasteiger charge is -2.01. The quantitative estimate of drug-likeness (QED) is 0.336. The van der Waals surface area contributed by atoms with Crippen molar-refractivity contribution in [2.75, 3.05) is 14.1 Å². The average molecular weight is 245 g/mol. The van der Waals surface area contributed by atoms with Crippen molar-refractivity contribution in [1.82, 2.24) is 10.3 Å². The zero-order chi connectivity index (χ0) is 14.0. The minimum Gasteiger partial charge on any atom is -0.369 e. The highest BCUT2D eigenvalue weighted by atomic mass is 15.3. The Kier molecular flexibility index (Phi) is 7.22. The topological polar surface area (TPSA) is 99.9 Å². The molecule has 18 heavy (non-hydrogen) atoms. The number of hydrazone groups is 1. The molecule has 0 aliphatic rings. The highest BCUT2D eigenvalue weighted by Crippen LogP contribution is 2.04. The van der Waals surface area contributed by atoms with Crippen molar-refractivity contribution in [3.63, 3.8) is 0 Å². The summed E-state index contributed by atoms with van der Waals surface area (Å²) in [5.74, 6) is 0. The fraction of sp³-hybridized carbons (Fsp3) is 0.364. The van der Waals surface area contributed by atoms with Crippen LogP contribution in [0.5, 0.6) is 0 Å². The summed E-state index contributed by atoms with van der Waals surface area (Å²) in [7, 11) is 3.52. The highest BCUT2D eigenvalue weighted by Gasteiger charge is 2.02. The van der Waals surface area contributed by atoms with Crippen LogP contribution in [0.2, 0.25) is 0 Å². The Balaban J connectivity index is 4.98. The summed E-state index contributed by atoms with van der Waals surface area (Å²) in [5, 5.41) is 21.6. The second-order valence-corrected chi connectivity index (χ2v) is 3.58. The summed E-state index contributed by atoms with van der Waals surface area (Å²) in [4.78, 5) is 9.28. The van der Waals surface area contributed by atoms with Gasteiger partial charge in [0.2, 0.25) is 0 Å². The monoisotopic (exact) mass is 245 g/mol. The van der Waals surface area contributed by atoms with Gasteiger partial charge in [0.15, 0.2) is 11.4 Å². The van der Waals surface area contributed by atoms with Crippen molar-refractivity contribution in [3.05, 3.63) is 11.4 Å². The molecule has 0 rings (SSSR count). The molecular weight excluding hydrogens is 230 g/mol. The molecule has 0 aliphatic carbocycles. The Labute approximate surface area is 106 Å². The molecule has 0 atom stereocenters. The SMILES string of the molecule is CC(C)=NNC=N/C(C#N)=C(/C#N)N=CN(C)C. The number of hydrogen-bond acceptors (Lipinski definition) is 5. The molecule has 1 N–H and O–H groups in total. The zero-order valence-electron chi connectivity index (χ0n) is 10.8. The normalized spacial score (nSPS) is 11.7. The molecule has 0 amide bonds. The van der Waals surface area contributed by atoms with E-state index in [0.29, 0.717) is 0 Å². The Morgan fingerprint density at radius 3 is 2.11 bits per heavy atom. The van der Waals surface area contributed by atoms with Crippen LogP contribution in [0, 0.1) is 22.7 Å². The van der Waals surface area contributed by atoms with Gasteiger partial charge in [-0.3, -0.25) is 5.43 Å². The molecule has 0 saturated carbocycles. The van der Waals surface area contributed by atoms with Crippen molar-refractivity contribution >= 4 is 18.4 Å². The number of nitriles is 2. The number of allylic oxidation sites excluding steroid dienone is 2. The molecule has 94 valence electrons. The van der Waals surface area contributed by atoms with Gasteiger partial charge < -0.3 is 4.90 Å². The van der Waals surface area contributed by atoms with Gasteiger partial charge in [-0.2, -0.15) is 15.6 Å². The molecule has 0 heterocycles. The molecule has 0 radical (unpaired) electrons. The van der Waals surface area contributed by atoms with E-state index >= 15 is 0 Å². The number of hydrogen-bond donors (Lipinski definition) is 1. The van der Waals surface area contributed by atoms with Gasteiger partial charge >= 0.3 is 0 Å². The predicted octanol–water partition coefficient (Wildman–Crippen LogP) is 0.849. The van der Waals surface area contributed by atoms with Crippen LogP contribution < -0.4 is 5.43 Å². The van der Waals surface area contributed by atoms with Gasteiger partial charge in [-0.1, -0.05) is 0 Å². The van der Waals surface area contributed by atoms with Crippen LogP contribution in [-0.4, -0.2) is 37.4 Å². The Morgan fingerprint density at radius 1 is 1.11 bits per heavy atom. The van der Waals surface area contributed by atoms with E-state index < -0.39 is 0 Å². The maximum absolute atomic E-state index is 8.88. The van der Waals surface area contributed by atoms with E-state index in [1.807, 2.05) is 19.9 Å². The number of nitrogens with zero attached hydrogens (tertiary/aromatic N) is 6. The molecule has 0 fully saturated rings. The van der Waals surface area contributed by atoms with Crippen LogP contribution in [0.3, 0.4) is 0 Å². The van der Waals surface area contributed by atoms with Crippen LogP contribution in [-0.2, 0) is 0 Å². The standard InChI is InChI=1S/C11H15N7/c1-9(2)17-16-7-14-10(5-12)11(6-13)15-8-18(3)4/h7-8H,1-4H3,(H,14,16)/b11-10-,15-8?. The van der Waals surface area contributed by atoms with Gasteiger partial charge in [0, 0.05) is 19.8 Å². The van der Waals surface area contributed by atoms with E-state index in [2.05, 4.69) is 20.5 Å². The minimum absolute atomic E-state index is 0.0542. The van der Waals surface area contributed by atoms with E-state index in [0.717, 1.165) is 5.71 Å². The Morgan fingerprint density at radius 2 is 1.67 bits per heavy atom. The highest BCUT2D eigenvalue weighted by molar-refractivity contribution is 5.79. The summed E-state index contributed by atoms with van der Waals surface area (Å²) in [6, 6.07) is 3.62. The van der Waals surface area contributed by atoms with Crippen LogP contribution in [0.25, 0.3) is 0 Å². The van der Waals surface area contributed by atoms with Crippen molar-refractivity contribution in [2.45, 2.75) is 13.8 Å². The molecule has 0 aromatic carbocycles. The van der Waals surface area contributed by atoms with Gasteiger partial charge in [0.25, 0.3) is 0 Å². The fourth-order valence-electron chi connectivity index (χ4n) is 0.711. The average Bonchev–Trinajstić information content (AvgIpc) is 2.31. The molecule has 0 aliphatic heterocycles. The van der Waals surface area contributed by atoms with Gasteiger partial charge in [0.1, 0.15) is 18.5 Å². The van der Waals surface area contributed by atoms with Gasteiger partial charge in [-0.25, -0.2) is 9.98 Å². The lowest BCUT2D eigenvalue weighted by atomic mass is 10.4. The third-order valence-corrected chi connectivity index (χ3v) is 1.39. The van der Waals surface area contributed by atoms with E-state index in [1.165, 1.54) is 12.7 Å². The predicted molar refractivity (Wildman–Crippen MR) is 70.8 cm³/mol. The van der Waals surface area contributed by atoms with Crippen LogP contribution in [0.4, 0.5) is 0 Å². The lowest BCUT2D eigenvalue weighted by Crippen LogP contribution is -2.08. The number of nitrogens with one attached hydrogen (secondary N) is 1. The van der Waals surface area contributed by atoms with Crippen LogP contribution >= 0.6 is 0 Å². The minimum atomic E-state index is -0.0768. The molecule has 0 saturated heterocycles. The molecule has 7 nitrogen and oxygen atoms in total. The van der Waals surface area contributed by atoms with Crippen LogP contribution in [0.1, 0.15) is 13.8 Å². The second kappa shape index (κ2) is 8.48. The van der Waals surface area contributed by atoms with E-state index in [4.69, 9.17) is 10.5 Å². The molecular formula is C11H15N7. The van der Waals surface area contributed by atoms with E-state index in [1.54, 1.807) is 25.1 Å². The van der Waals surface area contributed by atoms with Crippen molar-refractivity contribution < 1.29 is 0 Å². The zero-order valence-corrected chi connectivity index (χ0v) is 10.8. The molecule has 0 spiro atoms. The third kappa shape index (κ3) is 6.75. The third-order valence-electron chi connectivity index (χ3n) is 1.39. The summed E-state index contributed by atoms with van der Waals surface area (Å²) in [5.41, 5.74) is 3.22. The maximum Gasteiger partial charge on any atom is 0.178 e. The number of rotatable bonds is 5. The Bertz CT molecular complexity index is 465. The number of aliphatic imine (C=N–C) groups is 2. The molecule has 0 aromatic rings. The first-order valence-corrected chi connectivity index (χ1v) is 5.05. The summed E-state index contributed by atoms with van der Waals surface area (Å²) in [6.45, 7) is 3.62. The molecule has 0 bridgehead atoms. The van der Waals surface area contributed by atoms with Crippen molar-refractivity contribution in [1.29, 1.82) is 10.5 Å². The smallest absolute Gasteiger partial charge is 0.178 e. The van der Waals surface area contributed by atoms with Crippen molar-refractivity contribution in [3.8, 4) is 12.1 Å². The lowest BCUT2D eigenvalue weighted by molar-refractivity contribution is 0.642. The summed E-state index contributed by atoms with van der Waals surface area (Å²) < 4.78 is 0. The summed E-state index contributed by atoms with van der Waals surface area (Å²) in [6.07, 6.45) is 2.65. The van der Waals surface area contributed by atoms with Gasteiger partial charge in [0.05, 0.1) is 6.34 Å². The molecule has 0 unspecified atom stereocenters.